The first-order chi connectivity index (χ1) is 8.69. The van der Waals surface area contributed by atoms with E-state index in [9.17, 15) is 0 Å². The van der Waals surface area contributed by atoms with Crippen LogP contribution in [0, 0.1) is 6.92 Å². The van der Waals surface area contributed by atoms with Crippen LogP contribution in [0.15, 0.2) is 6.07 Å². The SMILES string of the molecule is COc1c(Cl)cc(C2CCCNC2)c(OC)c1C. The van der Waals surface area contributed by atoms with Crippen molar-refractivity contribution in [2.24, 2.45) is 0 Å². The average molecular weight is 270 g/mol. The van der Waals surface area contributed by atoms with Crippen LogP contribution < -0.4 is 14.8 Å². The van der Waals surface area contributed by atoms with E-state index in [4.69, 9.17) is 21.1 Å². The predicted molar refractivity (Wildman–Crippen MR) is 74.1 cm³/mol. The number of hydrogen-bond acceptors (Lipinski definition) is 3. The van der Waals surface area contributed by atoms with E-state index >= 15 is 0 Å². The number of rotatable bonds is 3. The van der Waals surface area contributed by atoms with E-state index in [0.717, 1.165) is 24.4 Å². The van der Waals surface area contributed by atoms with Gasteiger partial charge < -0.3 is 14.8 Å². The number of halogens is 1. The van der Waals surface area contributed by atoms with Gasteiger partial charge in [0.15, 0.2) is 0 Å². The Morgan fingerprint density at radius 3 is 2.56 bits per heavy atom. The highest BCUT2D eigenvalue weighted by Gasteiger charge is 2.23. The van der Waals surface area contributed by atoms with Crippen molar-refractivity contribution in [1.82, 2.24) is 5.32 Å². The molecule has 1 saturated heterocycles. The minimum absolute atomic E-state index is 0.468. The van der Waals surface area contributed by atoms with Crippen molar-refractivity contribution >= 4 is 11.6 Å². The van der Waals surface area contributed by atoms with Crippen LogP contribution in [0.25, 0.3) is 0 Å². The standard InChI is InChI=1S/C14H20ClNO2/c1-9-13(17-2)11(7-12(15)14(9)18-3)10-5-4-6-16-8-10/h7,10,16H,4-6,8H2,1-3H3. The molecule has 0 aliphatic carbocycles. The minimum atomic E-state index is 0.468. The van der Waals surface area contributed by atoms with Gasteiger partial charge in [-0.2, -0.15) is 0 Å². The van der Waals surface area contributed by atoms with E-state index in [1.54, 1.807) is 14.2 Å². The fourth-order valence-corrected chi connectivity index (χ4v) is 3.04. The Kier molecular flexibility index (Phi) is 4.36. The van der Waals surface area contributed by atoms with Gasteiger partial charge in [-0.15, -0.1) is 0 Å². The van der Waals surface area contributed by atoms with Crippen LogP contribution in [0.2, 0.25) is 5.02 Å². The first-order valence-electron chi connectivity index (χ1n) is 6.30. The van der Waals surface area contributed by atoms with Gasteiger partial charge in [0, 0.05) is 23.6 Å². The van der Waals surface area contributed by atoms with E-state index in [0.29, 0.717) is 16.7 Å². The van der Waals surface area contributed by atoms with E-state index in [2.05, 4.69) is 5.32 Å². The second kappa shape index (κ2) is 5.81. The van der Waals surface area contributed by atoms with Gasteiger partial charge in [0.25, 0.3) is 0 Å². The molecule has 0 bridgehead atoms. The summed E-state index contributed by atoms with van der Waals surface area (Å²) < 4.78 is 10.9. The molecule has 3 nitrogen and oxygen atoms in total. The summed E-state index contributed by atoms with van der Waals surface area (Å²) in [5.74, 6) is 2.08. The Balaban J connectivity index is 2.45. The van der Waals surface area contributed by atoms with Gasteiger partial charge in [-0.3, -0.25) is 0 Å². The summed E-state index contributed by atoms with van der Waals surface area (Å²) in [5, 5.41) is 4.09. The lowest BCUT2D eigenvalue weighted by molar-refractivity contribution is 0.375. The molecule has 2 rings (SSSR count). The molecule has 0 amide bonds. The molecular weight excluding hydrogens is 250 g/mol. The van der Waals surface area contributed by atoms with Crippen LogP contribution in [-0.4, -0.2) is 27.3 Å². The molecule has 1 aliphatic rings. The second-order valence-corrected chi connectivity index (χ2v) is 5.09. The molecule has 1 heterocycles. The molecule has 100 valence electrons. The predicted octanol–water partition coefficient (Wildman–Crippen LogP) is 3.13. The van der Waals surface area contributed by atoms with Gasteiger partial charge >= 0.3 is 0 Å². The van der Waals surface area contributed by atoms with Crippen LogP contribution in [0.3, 0.4) is 0 Å². The lowest BCUT2D eigenvalue weighted by Crippen LogP contribution is -2.28. The van der Waals surface area contributed by atoms with Gasteiger partial charge in [0.2, 0.25) is 0 Å². The molecule has 18 heavy (non-hydrogen) atoms. The first-order valence-corrected chi connectivity index (χ1v) is 6.68. The first kappa shape index (κ1) is 13.5. The summed E-state index contributed by atoms with van der Waals surface area (Å²) >= 11 is 6.28. The molecule has 1 aromatic rings. The summed E-state index contributed by atoms with van der Waals surface area (Å²) in [7, 11) is 3.34. The third kappa shape index (κ3) is 2.43. The number of benzene rings is 1. The number of nitrogens with one attached hydrogen (secondary N) is 1. The van der Waals surface area contributed by atoms with Crippen molar-refractivity contribution in [3.63, 3.8) is 0 Å². The quantitative estimate of drug-likeness (QED) is 0.915. The Hall–Kier alpha value is -0.930. The average Bonchev–Trinajstić information content (AvgIpc) is 2.39. The molecular formula is C14H20ClNO2. The molecule has 0 spiro atoms. The summed E-state index contributed by atoms with van der Waals surface area (Å²) in [6, 6.07) is 1.99. The molecule has 0 radical (unpaired) electrons. The fraction of sp³-hybridized carbons (Fsp3) is 0.571. The Labute approximate surface area is 113 Å². The highest BCUT2D eigenvalue weighted by molar-refractivity contribution is 6.32. The third-order valence-electron chi connectivity index (χ3n) is 3.59. The van der Waals surface area contributed by atoms with E-state index in [1.165, 1.54) is 18.4 Å². The molecule has 1 fully saturated rings. The zero-order chi connectivity index (χ0) is 13.1. The lowest BCUT2D eigenvalue weighted by atomic mass is 9.89. The van der Waals surface area contributed by atoms with Gasteiger partial charge in [0.1, 0.15) is 11.5 Å². The Bertz CT molecular complexity index is 428. The van der Waals surface area contributed by atoms with Crippen LogP contribution in [0.5, 0.6) is 11.5 Å². The number of methoxy groups -OCH3 is 2. The molecule has 1 aliphatic heterocycles. The third-order valence-corrected chi connectivity index (χ3v) is 3.87. The van der Waals surface area contributed by atoms with E-state index in [1.807, 2.05) is 13.0 Å². The van der Waals surface area contributed by atoms with Crippen molar-refractivity contribution in [1.29, 1.82) is 0 Å². The summed E-state index contributed by atoms with van der Waals surface area (Å²) in [5.41, 5.74) is 2.17. The number of hydrogen-bond donors (Lipinski definition) is 1. The van der Waals surface area contributed by atoms with Gasteiger partial charge in [0.05, 0.1) is 19.2 Å². The van der Waals surface area contributed by atoms with Crippen molar-refractivity contribution in [2.75, 3.05) is 27.3 Å². The maximum Gasteiger partial charge on any atom is 0.144 e. The summed E-state index contributed by atoms with van der Waals surface area (Å²) in [6.45, 7) is 4.07. The van der Waals surface area contributed by atoms with Crippen molar-refractivity contribution in [3.05, 3.63) is 22.2 Å². The van der Waals surface area contributed by atoms with Crippen LogP contribution in [-0.2, 0) is 0 Å². The zero-order valence-electron chi connectivity index (χ0n) is 11.2. The van der Waals surface area contributed by atoms with Crippen molar-refractivity contribution in [3.8, 4) is 11.5 Å². The van der Waals surface area contributed by atoms with E-state index in [-0.39, 0.29) is 0 Å². The van der Waals surface area contributed by atoms with E-state index < -0.39 is 0 Å². The molecule has 1 atom stereocenters. The number of piperidine rings is 1. The normalized spacial score (nSPS) is 19.7. The van der Waals surface area contributed by atoms with Crippen molar-refractivity contribution in [2.45, 2.75) is 25.7 Å². The fourth-order valence-electron chi connectivity index (χ4n) is 2.71. The van der Waals surface area contributed by atoms with Gasteiger partial charge in [-0.25, -0.2) is 0 Å². The molecule has 4 heteroatoms. The molecule has 1 N–H and O–H groups in total. The minimum Gasteiger partial charge on any atom is -0.496 e. The monoisotopic (exact) mass is 269 g/mol. The zero-order valence-corrected chi connectivity index (χ0v) is 11.9. The topological polar surface area (TPSA) is 30.5 Å². The highest BCUT2D eigenvalue weighted by atomic mass is 35.5. The second-order valence-electron chi connectivity index (χ2n) is 4.68. The molecule has 0 aromatic heterocycles. The highest BCUT2D eigenvalue weighted by Crippen LogP contribution is 2.42. The maximum atomic E-state index is 6.28. The maximum absolute atomic E-state index is 6.28. The summed E-state index contributed by atoms with van der Waals surface area (Å²) in [4.78, 5) is 0. The molecule has 0 saturated carbocycles. The van der Waals surface area contributed by atoms with Gasteiger partial charge in [-0.1, -0.05) is 11.6 Å². The van der Waals surface area contributed by atoms with Crippen LogP contribution >= 0.6 is 11.6 Å². The molecule has 1 unspecified atom stereocenters. The van der Waals surface area contributed by atoms with Gasteiger partial charge in [-0.05, 0) is 32.4 Å². The Morgan fingerprint density at radius 2 is 2.00 bits per heavy atom. The van der Waals surface area contributed by atoms with Crippen LogP contribution in [0.1, 0.15) is 29.9 Å². The largest absolute Gasteiger partial charge is 0.496 e. The summed E-state index contributed by atoms with van der Waals surface area (Å²) in [6.07, 6.45) is 2.36. The lowest BCUT2D eigenvalue weighted by Gasteiger charge is -2.26. The smallest absolute Gasteiger partial charge is 0.144 e. The van der Waals surface area contributed by atoms with Crippen molar-refractivity contribution < 1.29 is 9.47 Å². The molecule has 1 aromatic carbocycles. The number of ether oxygens (including phenoxy) is 2. The Morgan fingerprint density at radius 1 is 1.28 bits per heavy atom. The van der Waals surface area contributed by atoms with Crippen LogP contribution in [0.4, 0.5) is 0 Å².